The number of para-hydroxylation sites is 1. The van der Waals surface area contributed by atoms with Crippen LogP contribution in [-0.4, -0.2) is 36.4 Å². The number of aryl methyl sites for hydroxylation is 2. The smallest absolute Gasteiger partial charge is 0.150 e. The number of hydrogen-bond acceptors (Lipinski definition) is 9. The van der Waals surface area contributed by atoms with Gasteiger partial charge in [0.15, 0.2) is 0 Å². The second-order valence-corrected chi connectivity index (χ2v) is 13.1. The third-order valence-corrected chi connectivity index (χ3v) is 8.56. The van der Waals surface area contributed by atoms with Gasteiger partial charge in [-0.1, -0.05) is 83.9 Å². The molecule has 0 fully saturated rings. The standard InChI is InChI=1S/C22H18ClN3O.C9H7NO.C7H5ClO.C6H8N2/c1-14-10-12-24-19(13-14)26-20(16-4-7-17(23)8-5-16)18-9-6-15-3-2-11-25-21(15)22(18)27;11-8-5-1-3-7-4-2-6-10-9(7)8;8-7-3-1-6(5-9)2-4-7;1-5-2-3-8-6(7)4-5/h2-13,20,27H,1H3,(H,24,26);1-6,11H;1-5H;2-4H,1H3,(H2,7,8). The molecule has 0 aliphatic carbocycles. The summed E-state index contributed by atoms with van der Waals surface area (Å²) in [5, 5.41) is 26.8. The highest BCUT2D eigenvalue weighted by atomic mass is 35.5. The van der Waals surface area contributed by atoms with Gasteiger partial charge in [-0.25, -0.2) is 9.97 Å². The quantitative estimate of drug-likeness (QED) is 0.126. The molecule has 0 saturated heterocycles. The Morgan fingerprint density at radius 3 is 1.80 bits per heavy atom. The van der Waals surface area contributed by atoms with Crippen LogP contribution in [-0.2, 0) is 0 Å². The van der Waals surface area contributed by atoms with E-state index in [1.54, 1.807) is 61.2 Å². The number of halogens is 2. The summed E-state index contributed by atoms with van der Waals surface area (Å²) in [5.74, 6) is 1.72. The lowest BCUT2D eigenvalue weighted by atomic mass is 9.96. The Morgan fingerprint density at radius 2 is 1.22 bits per heavy atom. The minimum absolute atomic E-state index is 0.160. The zero-order chi connectivity index (χ0) is 39.2. The van der Waals surface area contributed by atoms with Gasteiger partial charge in [0.05, 0.1) is 6.04 Å². The number of aromatic hydroxyl groups is 2. The number of rotatable bonds is 5. The number of nitrogens with zero attached hydrogens (tertiary/aromatic N) is 4. The van der Waals surface area contributed by atoms with E-state index in [2.05, 4.69) is 25.3 Å². The number of nitrogens with one attached hydrogen (secondary N) is 1. The number of aromatic nitrogens is 4. The summed E-state index contributed by atoms with van der Waals surface area (Å²) in [6.45, 7) is 4.00. The van der Waals surface area contributed by atoms with Gasteiger partial charge >= 0.3 is 0 Å². The van der Waals surface area contributed by atoms with E-state index in [1.807, 2.05) is 105 Å². The molecule has 0 spiro atoms. The number of aldehydes is 1. The number of phenols is 2. The number of nitrogens with two attached hydrogens (primary N) is 1. The van der Waals surface area contributed by atoms with E-state index < -0.39 is 0 Å². The van der Waals surface area contributed by atoms with Crippen LogP contribution in [0.1, 0.15) is 38.7 Å². The van der Waals surface area contributed by atoms with Crippen molar-refractivity contribution >= 4 is 62.9 Å². The van der Waals surface area contributed by atoms with Gasteiger partial charge in [-0.3, -0.25) is 14.8 Å². The fourth-order valence-electron chi connectivity index (χ4n) is 5.33. The highest BCUT2D eigenvalue weighted by Gasteiger charge is 2.20. The fourth-order valence-corrected chi connectivity index (χ4v) is 5.58. The number of nitrogen functional groups attached to an aromatic ring is 1. The Labute approximate surface area is 329 Å². The maximum absolute atomic E-state index is 10.9. The Kier molecular flexibility index (Phi) is 14.1. The average molecular weight is 770 g/mol. The SMILES string of the molecule is Cc1ccnc(N)c1.Cc1ccnc(NC(c2ccc(Cl)cc2)c2ccc3cccnc3c2O)c1.O=Cc1ccc(Cl)cc1.Oc1cccc2cccnc12. The minimum atomic E-state index is -0.303. The van der Waals surface area contributed by atoms with Crippen molar-refractivity contribution in [2.75, 3.05) is 11.1 Å². The first-order valence-electron chi connectivity index (χ1n) is 17.0. The van der Waals surface area contributed by atoms with Gasteiger partial charge < -0.3 is 21.3 Å². The molecule has 0 aliphatic rings. The summed E-state index contributed by atoms with van der Waals surface area (Å²) in [6, 6.07) is 38.4. The summed E-state index contributed by atoms with van der Waals surface area (Å²) in [7, 11) is 0. The maximum Gasteiger partial charge on any atom is 0.150 e. The van der Waals surface area contributed by atoms with E-state index in [0.29, 0.717) is 32.5 Å². The van der Waals surface area contributed by atoms with Crippen molar-refractivity contribution in [2.24, 2.45) is 0 Å². The topological polar surface area (TPSA) is 147 Å². The minimum Gasteiger partial charge on any atom is -0.506 e. The number of carbonyl (C=O) groups excluding carboxylic acids is 1. The van der Waals surface area contributed by atoms with Crippen molar-refractivity contribution in [3.05, 3.63) is 190 Å². The van der Waals surface area contributed by atoms with Gasteiger partial charge in [-0.2, -0.15) is 0 Å². The van der Waals surface area contributed by atoms with Crippen molar-refractivity contribution in [1.82, 2.24) is 19.9 Å². The number of pyridine rings is 4. The molecule has 8 aromatic rings. The summed E-state index contributed by atoms with van der Waals surface area (Å²) in [4.78, 5) is 26.7. The maximum atomic E-state index is 10.9. The van der Waals surface area contributed by atoms with Gasteiger partial charge in [-0.15, -0.1) is 0 Å². The molecule has 0 saturated carbocycles. The third-order valence-electron chi connectivity index (χ3n) is 8.06. The molecule has 0 aliphatic heterocycles. The van der Waals surface area contributed by atoms with Crippen LogP contribution in [0.3, 0.4) is 0 Å². The van der Waals surface area contributed by atoms with Gasteiger partial charge in [0, 0.05) is 56.7 Å². The van der Waals surface area contributed by atoms with Crippen molar-refractivity contribution in [2.45, 2.75) is 19.9 Å². The summed E-state index contributed by atoms with van der Waals surface area (Å²) >= 11 is 11.6. The van der Waals surface area contributed by atoms with E-state index in [9.17, 15) is 15.0 Å². The van der Waals surface area contributed by atoms with Crippen LogP contribution in [0, 0.1) is 13.8 Å². The number of carbonyl (C=O) groups is 1. The van der Waals surface area contributed by atoms with E-state index in [0.717, 1.165) is 45.1 Å². The van der Waals surface area contributed by atoms with Crippen LogP contribution in [0.5, 0.6) is 11.5 Å². The second kappa shape index (κ2) is 19.5. The van der Waals surface area contributed by atoms with Gasteiger partial charge in [0.1, 0.15) is 40.5 Å². The molecule has 55 heavy (non-hydrogen) atoms. The van der Waals surface area contributed by atoms with Crippen molar-refractivity contribution in [1.29, 1.82) is 0 Å². The van der Waals surface area contributed by atoms with Gasteiger partial charge in [-0.05, 0) is 97.3 Å². The van der Waals surface area contributed by atoms with Crippen molar-refractivity contribution in [3.8, 4) is 11.5 Å². The lowest BCUT2D eigenvalue weighted by Crippen LogP contribution is -2.13. The van der Waals surface area contributed by atoms with Crippen LogP contribution < -0.4 is 11.1 Å². The zero-order valence-corrected chi connectivity index (χ0v) is 31.5. The fraction of sp³-hybridized carbons (Fsp3) is 0.0682. The van der Waals surface area contributed by atoms with Crippen molar-refractivity contribution < 1.29 is 15.0 Å². The predicted molar refractivity (Wildman–Crippen MR) is 223 cm³/mol. The molecule has 11 heteroatoms. The van der Waals surface area contributed by atoms with E-state index in [-0.39, 0.29) is 17.5 Å². The molecule has 9 nitrogen and oxygen atoms in total. The summed E-state index contributed by atoms with van der Waals surface area (Å²) < 4.78 is 0. The number of phenolic OH excluding ortho intramolecular Hbond substituents is 2. The monoisotopic (exact) mass is 768 g/mol. The largest absolute Gasteiger partial charge is 0.506 e. The van der Waals surface area contributed by atoms with E-state index in [1.165, 1.54) is 0 Å². The molecule has 4 heterocycles. The normalized spacial score (nSPS) is 10.8. The lowest BCUT2D eigenvalue weighted by Gasteiger charge is -2.22. The van der Waals surface area contributed by atoms with Crippen molar-refractivity contribution in [3.63, 3.8) is 0 Å². The molecule has 5 N–H and O–H groups in total. The zero-order valence-electron chi connectivity index (χ0n) is 30.0. The molecule has 1 atom stereocenters. The van der Waals surface area contributed by atoms with Gasteiger partial charge in [0.2, 0.25) is 0 Å². The molecular weight excluding hydrogens is 731 g/mol. The number of hydrogen-bond donors (Lipinski definition) is 4. The number of anilines is 2. The highest BCUT2D eigenvalue weighted by Crippen LogP contribution is 2.36. The van der Waals surface area contributed by atoms with Crippen LogP contribution >= 0.6 is 23.2 Å². The number of benzene rings is 4. The Hall–Kier alpha value is -6.55. The van der Waals surface area contributed by atoms with Crippen LogP contribution in [0.2, 0.25) is 10.0 Å². The van der Waals surface area contributed by atoms with Crippen LogP contribution in [0.25, 0.3) is 21.8 Å². The first-order valence-corrected chi connectivity index (χ1v) is 17.8. The first kappa shape index (κ1) is 39.7. The molecule has 8 rings (SSSR count). The Balaban J connectivity index is 0.000000168. The highest BCUT2D eigenvalue weighted by molar-refractivity contribution is 6.30. The predicted octanol–water partition coefficient (Wildman–Crippen LogP) is 10.6. The van der Waals surface area contributed by atoms with Gasteiger partial charge in [0.25, 0.3) is 0 Å². The summed E-state index contributed by atoms with van der Waals surface area (Å²) in [6.07, 6.45) is 7.60. The van der Waals surface area contributed by atoms with Crippen LogP contribution in [0.4, 0.5) is 11.6 Å². The molecule has 4 aromatic heterocycles. The first-order chi connectivity index (χ1) is 26.6. The third kappa shape index (κ3) is 11.5. The molecule has 0 radical (unpaired) electrons. The second-order valence-electron chi connectivity index (χ2n) is 12.2. The molecular formula is C44H38Cl2N6O3. The molecule has 4 aromatic carbocycles. The lowest BCUT2D eigenvalue weighted by molar-refractivity contribution is 0.112. The average Bonchev–Trinajstić information content (AvgIpc) is 3.19. The molecule has 0 amide bonds. The molecule has 1 unspecified atom stereocenters. The number of fused-ring (bicyclic) bond motifs is 2. The Bertz CT molecular complexity index is 2460. The molecule has 276 valence electrons. The Morgan fingerprint density at radius 1 is 0.636 bits per heavy atom. The summed E-state index contributed by atoms with van der Waals surface area (Å²) in [5.41, 5.74) is 11.2. The van der Waals surface area contributed by atoms with E-state index >= 15 is 0 Å². The molecule has 0 bridgehead atoms. The van der Waals surface area contributed by atoms with E-state index in [4.69, 9.17) is 28.9 Å². The van der Waals surface area contributed by atoms with Crippen LogP contribution in [0.15, 0.2) is 152 Å².